The van der Waals surface area contributed by atoms with Gasteiger partial charge in [-0.05, 0) is 84.0 Å². The molecule has 5 aromatic rings. The van der Waals surface area contributed by atoms with Gasteiger partial charge < -0.3 is 45.4 Å². The van der Waals surface area contributed by atoms with E-state index in [1.807, 2.05) is 38.7 Å². The second-order valence-electron chi connectivity index (χ2n) is 17.1. The van der Waals surface area contributed by atoms with Crippen LogP contribution in [0.2, 0.25) is 0 Å². The first kappa shape index (κ1) is 41.4. The van der Waals surface area contributed by atoms with E-state index in [1.54, 1.807) is 0 Å². The number of aromatic nitrogens is 4. The van der Waals surface area contributed by atoms with Crippen LogP contribution in [0.3, 0.4) is 0 Å². The smallest absolute Gasteiger partial charge is 0.407 e. The Morgan fingerprint density at radius 1 is 0.820 bits per heavy atom. The number of alkyl carbamates (subject to hydrolysis) is 1. The van der Waals surface area contributed by atoms with Crippen LogP contribution in [0, 0.1) is 11.8 Å². The van der Waals surface area contributed by atoms with E-state index in [0.717, 1.165) is 99.7 Å². The minimum atomic E-state index is -1.22. The monoisotopic (exact) mass is 830 g/mol. The summed E-state index contributed by atoms with van der Waals surface area (Å²) in [5, 5.41) is 17.4. The fourth-order valence-corrected chi connectivity index (χ4v) is 9.10. The number of ether oxygens (including phenoxy) is 2. The number of hydrogen-bond acceptors (Lipinski definition) is 8. The maximum absolute atomic E-state index is 13.7. The molecule has 1 aliphatic carbocycles. The Morgan fingerprint density at radius 3 is 2.23 bits per heavy atom. The molecule has 320 valence electrons. The zero-order chi connectivity index (χ0) is 42.9. The number of methoxy groups -OCH3 is 1. The standard InChI is InChI=1S/C46H54N8O7/c1-24(2)38(52-45(57)58)43(55)50-32-9-6-8-30(32)41-47-33-18-16-28(22-35(33)49-41)26-11-13-27(14-12-26)29-15-17-31-37(23-29)61-21-19-34-40(31)51-42(48-34)36-10-7-20-54(36)44(56)39(25(3)4)53-46(59)60-5/h11-18,22-25,30,32,36,38-39,52H,6-10,19-21H2,1-5H3,(H,47,49)(H,48,51)(H,50,55)(H,53,59)(H,57,58)/t30-,32-,36-,38-,39-/m0/s1. The Hall–Kier alpha value is -6.38. The Kier molecular flexibility index (Phi) is 11.7. The number of amides is 4. The van der Waals surface area contributed by atoms with Crippen molar-refractivity contribution in [2.24, 2.45) is 11.8 Å². The van der Waals surface area contributed by atoms with Crippen molar-refractivity contribution in [3.05, 3.63) is 78.0 Å². The maximum Gasteiger partial charge on any atom is 0.407 e. The van der Waals surface area contributed by atoms with Crippen molar-refractivity contribution in [2.75, 3.05) is 20.3 Å². The molecule has 0 unspecified atom stereocenters. The Bertz CT molecular complexity index is 2440. The summed E-state index contributed by atoms with van der Waals surface area (Å²) < 4.78 is 11.1. The molecule has 3 aliphatic rings. The lowest BCUT2D eigenvalue weighted by atomic mass is 9.98. The summed E-state index contributed by atoms with van der Waals surface area (Å²) in [5.41, 5.74) is 8.60. The molecule has 0 spiro atoms. The highest BCUT2D eigenvalue weighted by molar-refractivity contribution is 5.87. The number of carboxylic acid groups (broad SMARTS) is 1. The lowest BCUT2D eigenvalue weighted by molar-refractivity contribution is -0.135. The van der Waals surface area contributed by atoms with Crippen molar-refractivity contribution in [2.45, 2.75) is 96.3 Å². The van der Waals surface area contributed by atoms with E-state index in [4.69, 9.17) is 19.4 Å². The van der Waals surface area contributed by atoms with Gasteiger partial charge in [-0.2, -0.15) is 0 Å². The fourth-order valence-electron chi connectivity index (χ4n) is 9.10. The molecule has 61 heavy (non-hydrogen) atoms. The first-order valence-electron chi connectivity index (χ1n) is 21.3. The number of nitrogens with one attached hydrogen (secondary N) is 5. The van der Waals surface area contributed by atoms with Crippen LogP contribution in [0.15, 0.2) is 60.7 Å². The third-order valence-corrected chi connectivity index (χ3v) is 12.4. The molecule has 4 heterocycles. The van der Waals surface area contributed by atoms with Crippen LogP contribution >= 0.6 is 0 Å². The maximum atomic E-state index is 13.7. The highest BCUT2D eigenvalue weighted by Crippen LogP contribution is 2.41. The summed E-state index contributed by atoms with van der Waals surface area (Å²) in [4.78, 5) is 69.1. The molecule has 4 amide bonds. The average molecular weight is 831 g/mol. The van der Waals surface area contributed by atoms with Gasteiger partial charge in [0.15, 0.2) is 0 Å². The van der Waals surface area contributed by atoms with Gasteiger partial charge in [0.1, 0.15) is 29.5 Å². The predicted molar refractivity (Wildman–Crippen MR) is 230 cm³/mol. The molecule has 0 radical (unpaired) electrons. The second-order valence-corrected chi connectivity index (χ2v) is 17.1. The lowest BCUT2D eigenvalue weighted by Gasteiger charge is -2.30. The summed E-state index contributed by atoms with van der Waals surface area (Å²) in [6, 6.07) is 18.9. The van der Waals surface area contributed by atoms with Gasteiger partial charge in [0.2, 0.25) is 11.8 Å². The van der Waals surface area contributed by atoms with Crippen LogP contribution in [0.25, 0.3) is 44.5 Å². The van der Waals surface area contributed by atoms with Gasteiger partial charge in [-0.1, -0.05) is 70.5 Å². The third-order valence-electron chi connectivity index (χ3n) is 12.4. The van der Waals surface area contributed by atoms with Gasteiger partial charge in [0.05, 0.1) is 36.5 Å². The largest absolute Gasteiger partial charge is 0.492 e. The summed E-state index contributed by atoms with van der Waals surface area (Å²) in [5.74, 6) is 1.55. The average Bonchev–Trinajstić information content (AvgIpc) is 4.07. The van der Waals surface area contributed by atoms with E-state index in [0.29, 0.717) is 19.6 Å². The summed E-state index contributed by atoms with van der Waals surface area (Å²) in [6.07, 6.45) is 3.01. The van der Waals surface area contributed by atoms with Crippen molar-refractivity contribution in [1.29, 1.82) is 0 Å². The molecule has 3 aromatic carbocycles. The molecular formula is C46H54N8O7. The lowest BCUT2D eigenvalue weighted by Crippen LogP contribution is -2.52. The molecule has 2 fully saturated rings. The number of benzene rings is 3. The highest BCUT2D eigenvalue weighted by atomic mass is 16.5. The number of hydrogen-bond donors (Lipinski definition) is 6. The summed E-state index contributed by atoms with van der Waals surface area (Å²) in [7, 11) is 1.29. The van der Waals surface area contributed by atoms with Crippen molar-refractivity contribution < 1.29 is 33.8 Å². The first-order chi connectivity index (χ1) is 29.4. The SMILES string of the molecule is COC(=O)N[C@H](C(=O)N1CCC[C@H]1c1nc2c([nH]1)CCOc1cc(-c3ccc(-c4ccc5nc([C@H]6CCC[C@@H]6NC(=O)[C@@H](NC(=O)O)C(C)C)[nH]c5c4)cc3)ccc1-2)C(C)C. The number of imidazole rings is 2. The molecule has 1 saturated carbocycles. The number of H-pyrrole nitrogens is 2. The van der Waals surface area contributed by atoms with Crippen LogP contribution in [0.4, 0.5) is 9.59 Å². The number of aromatic amines is 2. The van der Waals surface area contributed by atoms with Gasteiger partial charge in [0.25, 0.3) is 0 Å². The topological polar surface area (TPSA) is 204 Å². The van der Waals surface area contributed by atoms with Gasteiger partial charge in [0, 0.05) is 36.2 Å². The second kappa shape index (κ2) is 17.3. The zero-order valence-corrected chi connectivity index (χ0v) is 35.2. The highest BCUT2D eigenvalue weighted by Gasteiger charge is 2.39. The molecule has 0 bridgehead atoms. The third kappa shape index (κ3) is 8.50. The molecule has 5 atom stereocenters. The first-order valence-corrected chi connectivity index (χ1v) is 21.3. The minimum Gasteiger partial charge on any atom is -0.492 e. The normalized spacial score (nSPS) is 19.5. The van der Waals surface area contributed by atoms with Crippen LogP contribution in [-0.4, -0.2) is 92.3 Å². The number of nitrogens with zero attached hydrogens (tertiary/aromatic N) is 3. The Morgan fingerprint density at radius 2 is 1.52 bits per heavy atom. The predicted octanol–water partition coefficient (Wildman–Crippen LogP) is 7.31. The van der Waals surface area contributed by atoms with Crippen molar-refractivity contribution in [1.82, 2.24) is 40.8 Å². The zero-order valence-electron chi connectivity index (χ0n) is 35.2. The van der Waals surface area contributed by atoms with E-state index >= 15 is 0 Å². The van der Waals surface area contributed by atoms with Crippen LogP contribution in [0.1, 0.15) is 89.1 Å². The van der Waals surface area contributed by atoms with E-state index in [1.165, 1.54) is 7.11 Å². The fraction of sp³-hybridized carbons (Fsp3) is 0.435. The van der Waals surface area contributed by atoms with Gasteiger partial charge in [-0.25, -0.2) is 19.6 Å². The molecule has 2 aromatic heterocycles. The molecule has 15 heteroatoms. The van der Waals surface area contributed by atoms with E-state index in [2.05, 4.69) is 80.5 Å². The molecule has 6 N–H and O–H groups in total. The molecule has 15 nitrogen and oxygen atoms in total. The van der Waals surface area contributed by atoms with Gasteiger partial charge in [-0.15, -0.1) is 0 Å². The number of carbonyl (C=O) groups excluding carboxylic acids is 3. The van der Waals surface area contributed by atoms with Crippen LogP contribution < -0.4 is 20.7 Å². The number of likely N-dealkylation sites (tertiary alicyclic amines) is 1. The molecule has 8 rings (SSSR count). The summed E-state index contributed by atoms with van der Waals surface area (Å²) in [6.45, 7) is 8.52. The number of fused-ring (bicyclic) bond motifs is 4. The van der Waals surface area contributed by atoms with Crippen molar-refractivity contribution in [3.8, 4) is 39.3 Å². The Balaban J connectivity index is 0.971. The quantitative estimate of drug-likeness (QED) is 0.0789. The van der Waals surface area contributed by atoms with Gasteiger partial charge in [-0.3, -0.25) is 9.59 Å². The summed E-state index contributed by atoms with van der Waals surface area (Å²) >= 11 is 0. The van der Waals surface area contributed by atoms with Crippen LogP contribution in [0.5, 0.6) is 5.75 Å². The van der Waals surface area contributed by atoms with E-state index in [9.17, 15) is 24.3 Å². The number of rotatable bonds is 11. The molecular weight excluding hydrogens is 777 g/mol. The van der Waals surface area contributed by atoms with Gasteiger partial charge >= 0.3 is 12.2 Å². The number of carbonyl (C=O) groups is 4. The van der Waals surface area contributed by atoms with Crippen molar-refractivity contribution >= 4 is 35.0 Å². The Labute approximate surface area is 354 Å². The van der Waals surface area contributed by atoms with Crippen molar-refractivity contribution in [3.63, 3.8) is 0 Å². The molecule has 2 aliphatic heterocycles. The minimum absolute atomic E-state index is 0.00235. The van der Waals surface area contributed by atoms with E-state index in [-0.39, 0.29) is 41.7 Å². The van der Waals surface area contributed by atoms with E-state index < -0.39 is 24.3 Å². The van der Waals surface area contributed by atoms with Crippen LogP contribution in [-0.2, 0) is 20.7 Å². The molecule has 1 saturated heterocycles.